The van der Waals surface area contributed by atoms with E-state index >= 15 is 0 Å². The molecule has 1 heterocycles. The normalized spacial score (nSPS) is 28.5. The number of primary amides is 1. The number of rotatable bonds is 5. The van der Waals surface area contributed by atoms with Crippen molar-refractivity contribution in [2.45, 2.75) is 40.5 Å². The van der Waals surface area contributed by atoms with Crippen LogP contribution in [0, 0.1) is 22.7 Å². The van der Waals surface area contributed by atoms with E-state index in [4.69, 9.17) is 10.5 Å². The van der Waals surface area contributed by atoms with Crippen molar-refractivity contribution in [3.63, 3.8) is 0 Å². The first kappa shape index (κ1) is 17.0. The van der Waals surface area contributed by atoms with Gasteiger partial charge >= 0.3 is 0 Å². The van der Waals surface area contributed by atoms with Crippen molar-refractivity contribution in [1.82, 2.24) is 5.32 Å². The average molecular weight is 308 g/mol. The Morgan fingerprint density at radius 3 is 2.36 bits per heavy atom. The molecule has 5 nitrogen and oxygen atoms in total. The largest absolute Gasteiger partial charge is 0.381 e. The summed E-state index contributed by atoms with van der Waals surface area (Å²) in [6.07, 6.45) is 3.32. The van der Waals surface area contributed by atoms with E-state index in [-0.39, 0.29) is 29.1 Å². The van der Waals surface area contributed by atoms with Gasteiger partial charge in [0.1, 0.15) is 0 Å². The Kier molecular flexibility index (Phi) is 4.66. The Balaban J connectivity index is 1.98. The van der Waals surface area contributed by atoms with Crippen LogP contribution in [-0.2, 0) is 14.3 Å². The molecule has 22 heavy (non-hydrogen) atoms. The van der Waals surface area contributed by atoms with Gasteiger partial charge in [-0.15, -0.1) is 0 Å². The van der Waals surface area contributed by atoms with E-state index in [0.717, 1.165) is 0 Å². The Hall–Kier alpha value is -1.36. The van der Waals surface area contributed by atoms with Crippen LogP contribution in [0.1, 0.15) is 40.5 Å². The second kappa shape index (κ2) is 6.03. The summed E-state index contributed by atoms with van der Waals surface area (Å²) in [5.41, 5.74) is 6.13. The van der Waals surface area contributed by atoms with Crippen molar-refractivity contribution in [1.29, 1.82) is 0 Å². The van der Waals surface area contributed by atoms with E-state index < -0.39 is 5.41 Å². The molecular weight excluding hydrogens is 280 g/mol. The van der Waals surface area contributed by atoms with Crippen molar-refractivity contribution >= 4 is 11.8 Å². The maximum atomic E-state index is 12.5. The topological polar surface area (TPSA) is 81.4 Å². The van der Waals surface area contributed by atoms with Gasteiger partial charge in [0.25, 0.3) is 0 Å². The highest BCUT2D eigenvalue weighted by Crippen LogP contribution is 2.59. The number of carbonyl (C=O) groups excluding carboxylic acids is 2. The standard InChI is InChI=1S/C17H28N2O3/c1-11(2)9-12-13(16(12,3)4)14(20)19-10-17(15(18)21)5-7-22-8-6-17/h9,12-13H,5-8,10H2,1-4H3,(H2,18,21)(H,19,20). The molecule has 2 unspecified atom stereocenters. The van der Waals surface area contributed by atoms with Crippen LogP contribution in [0.15, 0.2) is 11.6 Å². The van der Waals surface area contributed by atoms with Crippen molar-refractivity contribution in [3.8, 4) is 0 Å². The van der Waals surface area contributed by atoms with Gasteiger partial charge in [-0.2, -0.15) is 0 Å². The highest BCUT2D eigenvalue weighted by atomic mass is 16.5. The molecule has 5 heteroatoms. The van der Waals surface area contributed by atoms with Gasteiger partial charge in [0.15, 0.2) is 0 Å². The summed E-state index contributed by atoms with van der Waals surface area (Å²) < 4.78 is 5.31. The molecule has 0 aromatic carbocycles. The SMILES string of the molecule is CC(C)=CC1C(C(=O)NCC2(C(N)=O)CCOCC2)C1(C)C. The van der Waals surface area contributed by atoms with Crippen LogP contribution in [0.5, 0.6) is 0 Å². The second-order valence-corrected chi connectivity index (χ2v) is 7.54. The number of hydrogen-bond acceptors (Lipinski definition) is 3. The Morgan fingerprint density at radius 2 is 1.86 bits per heavy atom. The summed E-state index contributed by atoms with van der Waals surface area (Å²) in [6, 6.07) is 0. The van der Waals surface area contributed by atoms with Crippen molar-refractivity contribution < 1.29 is 14.3 Å². The molecule has 2 aliphatic rings. The molecule has 2 rings (SSSR count). The molecule has 0 spiro atoms. The molecule has 1 aliphatic carbocycles. The summed E-state index contributed by atoms with van der Waals surface area (Å²) in [5.74, 6) is -0.0597. The molecule has 2 fully saturated rings. The maximum absolute atomic E-state index is 12.5. The van der Waals surface area contributed by atoms with Crippen molar-refractivity contribution in [3.05, 3.63) is 11.6 Å². The van der Waals surface area contributed by atoms with Gasteiger partial charge in [0.2, 0.25) is 11.8 Å². The lowest BCUT2D eigenvalue weighted by atomic mass is 9.79. The second-order valence-electron chi connectivity index (χ2n) is 7.54. The summed E-state index contributed by atoms with van der Waals surface area (Å²) in [6.45, 7) is 9.68. The Bertz CT molecular complexity index is 486. The van der Waals surface area contributed by atoms with Crippen LogP contribution in [0.3, 0.4) is 0 Å². The van der Waals surface area contributed by atoms with Gasteiger partial charge in [0, 0.05) is 19.8 Å². The molecule has 2 amide bonds. The third-order valence-corrected chi connectivity index (χ3v) is 5.28. The predicted octanol–water partition coefficient (Wildman–Crippen LogP) is 1.62. The van der Waals surface area contributed by atoms with Crippen molar-refractivity contribution in [2.75, 3.05) is 19.8 Å². The first-order valence-electron chi connectivity index (χ1n) is 8.01. The summed E-state index contributed by atoms with van der Waals surface area (Å²) in [7, 11) is 0. The fraction of sp³-hybridized carbons (Fsp3) is 0.765. The van der Waals surface area contributed by atoms with E-state index in [1.165, 1.54) is 5.57 Å². The van der Waals surface area contributed by atoms with Crippen molar-refractivity contribution in [2.24, 2.45) is 28.4 Å². The molecule has 1 saturated carbocycles. The quantitative estimate of drug-likeness (QED) is 0.757. The molecular formula is C17H28N2O3. The zero-order chi connectivity index (χ0) is 16.5. The number of ether oxygens (including phenoxy) is 1. The van der Waals surface area contributed by atoms with Gasteiger partial charge in [0.05, 0.1) is 11.3 Å². The summed E-state index contributed by atoms with van der Waals surface area (Å²) in [5, 5.41) is 2.97. The monoisotopic (exact) mass is 308 g/mol. The van der Waals surface area contributed by atoms with Crippen LogP contribution in [-0.4, -0.2) is 31.6 Å². The fourth-order valence-electron chi connectivity index (χ4n) is 3.49. The minimum atomic E-state index is -0.654. The number of nitrogens with one attached hydrogen (secondary N) is 1. The Morgan fingerprint density at radius 1 is 1.27 bits per heavy atom. The first-order valence-corrected chi connectivity index (χ1v) is 8.01. The van der Waals surface area contributed by atoms with Gasteiger partial charge in [-0.05, 0) is 38.0 Å². The lowest BCUT2D eigenvalue weighted by molar-refractivity contribution is -0.134. The summed E-state index contributed by atoms with van der Waals surface area (Å²) >= 11 is 0. The van der Waals surface area contributed by atoms with Gasteiger partial charge in [-0.3, -0.25) is 9.59 Å². The summed E-state index contributed by atoms with van der Waals surface area (Å²) in [4.78, 5) is 24.3. The predicted molar refractivity (Wildman–Crippen MR) is 84.9 cm³/mol. The lowest BCUT2D eigenvalue weighted by Gasteiger charge is -2.34. The number of hydrogen-bond donors (Lipinski definition) is 2. The zero-order valence-corrected chi connectivity index (χ0v) is 14.1. The van der Waals surface area contributed by atoms with E-state index in [1.807, 2.05) is 13.8 Å². The van der Waals surface area contributed by atoms with E-state index in [0.29, 0.717) is 32.6 Å². The van der Waals surface area contributed by atoms with Crippen LogP contribution >= 0.6 is 0 Å². The number of amides is 2. The molecule has 0 aromatic rings. The third-order valence-electron chi connectivity index (χ3n) is 5.28. The lowest BCUT2D eigenvalue weighted by Crippen LogP contribution is -2.50. The highest BCUT2D eigenvalue weighted by Gasteiger charge is 2.60. The van der Waals surface area contributed by atoms with Crippen LogP contribution < -0.4 is 11.1 Å². The van der Waals surface area contributed by atoms with E-state index in [9.17, 15) is 9.59 Å². The van der Waals surface area contributed by atoms with Gasteiger partial charge in [-0.1, -0.05) is 25.5 Å². The number of nitrogens with two attached hydrogens (primary N) is 1. The average Bonchev–Trinajstić information content (AvgIpc) is 2.97. The molecule has 1 aliphatic heterocycles. The molecule has 2 atom stereocenters. The molecule has 124 valence electrons. The third kappa shape index (κ3) is 3.19. The minimum absolute atomic E-state index is 0.0169. The molecule has 0 radical (unpaired) electrons. The molecule has 3 N–H and O–H groups in total. The molecule has 0 bridgehead atoms. The maximum Gasteiger partial charge on any atom is 0.225 e. The smallest absolute Gasteiger partial charge is 0.225 e. The minimum Gasteiger partial charge on any atom is -0.381 e. The van der Waals surface area contributed by atoms with Crippen LogP contribution in [0.25, 0.3) is 0 Å². The van der Waals surface area contributed by atoms with E-state index in [1.54, 1.807) is 0 Å². The van der Waals surface area contributed by atoms with Crippen LogP contribution in [0.4, 0.5) is 0 Å². The molecule has 0 aromatic heterocycles. The zero-order valence-electron chi connectivity index (χ0n) is 14.1. The first-order chi connectivity index (χ1) is 10.2. The highest BCUT2D eigenvalue weighted by molar-refractivity contribution is 5.86. The molecule has 1 saturated heterocycles. The van der Waals surface area contributed by atoms with Gasteiger partial charge < -0.3 is 15.8 Å². The number of carbonyl (C=O) groups is 2. The Labute approximate surface area is 132 Å². The fourth-order valence-corrected chi connectivity index (χ4v) is 3.49. The number of allylic oxidation sites excluding steroid dienone is 2. The van der Waals surface area contributed by atoms with Crippen LogP contribution in [0.2, 0.25) is 0 Å². The van der Waals surface area contributed by atoms with E-state index in [2.05, 4.69) is 25.2 Å². The van der Waals surface area contributed by atoms with Gasteiger partial charge in [-0.25, -0.2) is 0 Å².